The van der Waals surface area contributed by atoms with E-state index in [1.54, 1.807) is 0 Å². The zero-order valence-electron chi connectivity index (χ0n) is 15.3. The minimum Gasteiger partial charge on any atom is -0.370 e. The Balaban J connectivity index is 0. The molecule has 0 aliphatic heterocycles. The second kappa shape index (κ2) is 23.2. The molecule has 0 aromatic carbocycles. The molecule has 24 heavy (non-hydrogen) atoms. The molecule has 0 rings (SSSR count). The van der Waals surface area contributed by atoms with Gasteiger partial charge in [0.15, 0.2) is 0 Å². The highest BCUT2D eigenvalue weighted by Gasteiger charge is 1.90. The van der Waals surface area contributed by atoms with Crippen LogP contribution in [0.1, 0.15) is 58.3 Å². The van der Waals surface area contributed by atoms with E-state index in [1.165, 1.54) is 0 Å². The molecule has 0 aromatic rings. The van der Waals surface area contributed by atoms with Crippen LogP contribution >= 0.6 is 0 Å². The number of carbonyl (C=O) groups is 1. The number of nitrogens with two attached hydrogens (primary N) is 1. The number of unbranched alkanes of at least 4 members (excludes halogenated alkanes) is 1. The summed E-state index contributed by atoms with van der Waals surface area (Å²) in [4.78, 5) is 10.5. The molecule has 2 heteroatoms. The molecule has 0 fully saturated rings. The Morgan fingerprint density at radius 1 is 0.750 bits per heavy atom. The fourth-order valence-corrected chi connectivity index (χ4v) is 1.76. The Kier molecular flexibility index (Phi) is 23.3. The normalized spacial score (nSPS) is 11.9. The summed E-state index contributed by atoms with van der Waals surface area (Å²) < 4.78 is 0. The smallest absolute Gasteiger partial charge is 0.217 e. The lowest BCUT2D eigenvalue weighted by molar-refractivity contribution is -0.118. The van der Waals surface area contributed by atoms with E-state index in [2.05, 4.69) is 80.8 Å². The minimum absolute atomic E-state index is 0.215. The maximum absolute atomic E-state index is 10.5. The standard InChI is InChI=1S/C20H31NO.C2H4/c1-2-3-4-5-6-7-8-9-10-11-12-13-14-15-16-17-18-19-20(21)22;1-2/h3-4,6-7,9-10,12-13,15-16H,2,5,8,11,14,17-19H2,1H3,(H2,21,22);1-2H2/b4-3-,7-6-,10-9-,13-12-,16-15-;. The molecule has 0 heterocycles. The van der Waals surface area contributed by atoms with E-state index in [4.69, 9.17) is 5.73 Å². The molecule has 0 unspecified atom stereocenters. The van der Waals surface area contributed by atoms with Gasteiger partial charge in [0.25, 0.3) is 0 Å². The monoisotopic (exact) mass is 329 g/mol. The maximum Gasteiger partial charge on any atom is 0.217 e. The molecule has 0 radical (unpaired) electrons. The zero-order valence-corrected chi connectivity index (χ0v) is 15.3. The number of rotatable bonds is 13. The molecular weight excluding hydrogens is 294 g/mol. The molecular formula is C22H35NO. The van der Waals surface area contributed by atoms with Crippen molar-refractivity contribution >= 4 is 5.91 Å². The topological polar surface area (TPSA) is 43.1 Å². The SMILES string of the molecule is C=C.CC/C=C\C/C=C\C/C=C\C/C=C\C/C=C\CCCC(N)=O. The van der Waals surface area contributed by atoms with Crippen molar-refractivity contribution in [3.63, 3.8) is 0 Å². The van der Waals surface area contributed by atoms with Crippen molar-refractivity contribution in [1.82, 2.24) is 0 Å². The highest BCUT2D eigenvalue weighted by molar-refractivity contribution is 5.73. The largest absolute Gasteiger partial charge is 0.370 e. The molecule has 0 aromatic heterocycles. The van der Waals surface area contributed by atoms with E-state index in [1.807, 2.05) is 0 Å². The van der Waals surface area contributed by atoms with E-state index >= 15 is 0 Å². The average Bonchev–Trinajstić information content (AvgIpc) is 2.59. The van der Waals surface area contributed by atoms with Gasteiger partial charge in [0.1, 0.15) is 0 Å². The van der Waals surface area contributed by atoms with Crippen LogP contribution in [-0.2, 0) is 4.79 Å². The van der Waals surface area contributed by atoms with Gasteiger partial charge in [0.2, 0.25) is 5.91 Å². The number of primary amides is 1. The first-order valence-corrected chi connectivity index (χ1v) is 8.80. The van der Waals surface area contributed by atoms with Crippen LogP contribution in [0.3, 0.4) is 0 Å². The van der Waals surface area contributed by atoms with Crippen molar-refractivity contribution in [2.75, 3.05) is 0 Å². The highest BCUT2D eigenvalue weighted by atomic mass is 16.1. The van der Waals surface area contributed by atoms with Crippen molar-refractivity contribution in [1.29, 1.82) is 0 Å². The van der Waals surface area contributed by atoms with E-state index in [-0.39, 0.29) is 5.91 Å². The first kappa shape index (κ1) is 24.2. The first-order valence-electron chi connectivity index (χ1n) is 8.80. The number of allylic oxidation sites excluding steroid dienone is 10. The summed E-state index contributed by atoms with van der Waals surface area (Å²) in [5, 5.41) is 0. The fraction of sp³-hybridized carbons (Fsp3) is 0.409. The van der Waals surface area contributed by atoms with E-state index in [9.17, 15) is 4.79 Å². The van der Waals surface area contributed by atoms with Crippen LogP contribution in [0.2, 0.25) is 0 Å². The van der Waals surface area contributed by atoms with Crippen molar-refractivity contribution < 1.29 is 4.79 Å². The lowest BCUT2D eigenvalue weighted by atomic mass is 10.2. The predicted octanol–water partition coefficient (Wildman–Crippen LogP) is 6.20. The van der Waals surface area contributed by atoms with Gasteiger partial charge in [-0.3, -0.25) is 4.79 Å². The van der Waals surface area contributed by atoms with Gasteiger partial charge in [0, 0.05) is 6.42 Å². The van der Waals surface area contributed by atoms with Crippen LogP contribution in [0, 0.1) is 0 Å². The number of amides is 1. The van der Waals surface area contributed by atoms with Gasteiger partial charge in [-0.15, -0.1) is 13.2 Å². The Hall–Kier alpha value is -2.09. The molecule has 0 bridgehead atoms. The van der Waals surface area contributed by atoms with Crippen LogP contribution in [0.15, 0.2) is 73.9 Å². The van der Waals surface area contributed by atoms with E-state index in [0.717, 1.165) is 44.9 Å². The lowest BCUT2D eigenvalue weighted by Crippen LogP contribution is -2.09. The third kappa shape index (κ3) is 24.9. The van der Waals surface area contributed by atoms with Gasteiger partial charge in [-0.1, -0.05) is 67.7 Å². The molecule has 0 spiro atoms. The van der Waals surface area contributed by atoms with Crippen LogP contribution in [0.25, 0.3) is 0 Å². The van der Waals surface area contributed by atoms with Crippen molar-refractivity contribution in [2.45, 2.75) is 58.3 Å². The van der Waals surface area contributed by atoms with Gasteiger partial charge < -0.3 is 5.73 Å². The Morgan fingerprint density at radius 2 is 1.12 bits per heavy atom. The average molecular weight is 330 g/mol. The van der Waals surface area contributed by atoms with Gasteiger partial charge in [0.05, 0.1) is 0 Å². The Labute approximate surface area is 149 Å². The first-order chi connectivity index (χ1) is 11.8. The van der Waals surface area contributed by atoms with E-state index < -0.39 is 0 Å². The van der Waals surface area contributed by atoms with Crippen molar-refractivity contribution in [3.05, 3.63) is 73.9 Å². The molecule has 0 atom stereocenters. The molecule has 2 N–H and O–H groups in total. The number of carbonyl (C=O) groups excluding carboxylic acids is 1. The molecule has 2 nitrogen and oxygen atoms in total. The van der Waals surface area contributed by atoms with Crippen LogP contribution in [0.4, 0.5) is 0 Å². The summed E-state index contributed by atoms with van der Waals surface area (Å²) in [5.41, 5.74) is 5.07. The Bertz CT molecular complexity index is 414. The quantitative estimate of drug-likeness (QED) is 0.317. The third-order valence-corrected chi connectivity index (χ3v) is 2.95. The predicted molar refractivity (Wildman–Crippen MR) is 109 cm³/mol. The van der Waals surface area contributed by atoms with Gasteiger partial charge in [-0.25, -0.2) is 0 Å². The maximum atomic E-state index is 10.5. The van der Waals surface area contributed by atoms with Crippen LogP contribution in [0.5, 0.6) is 0 Å². The molecule has 1 amide bonds. The summed E-state index contributed by atoms with van der Waals surface area (Å²) in [6.07, 6.45) is 29.1. The summed E-state index contributed by atoms with van der Waals surface area (Å²) in [6, 6.07) is 0. The lowest BCUT2D eigenvalue weighted by Gasteiger charge is -1.90. The number of hydrogen-bond donors (Lipinski definition) is 1. The summed E-state index contributed by atoms with van der Waals surface area (Å²) in [5.74, 6) is -0.215. The molecule has 0 aliphatic carbocycles. The molecule has 0 saturated heterocycles. The number of hydrogen-bond acceptors (Lipinski definition) is 1. The second-order valence-corrected chi connectivity index (χ2v) is 5.07. The zero-order chi connectivity index (χ0) is 18.3. The van der Waals surface area contributed by atoms with Gasteiger partial charge in [-0.2, -0.15) is 0 Å². The van der Waals surface area contributed by atoms with Gasteiger partial charge in [-0.05, 0) is 44.9 Å². The fourth-order valence-electron chi connectivity index (χ4n) is 1.76. The van der Waals surface area contributed by atoms with Gasteiger partial charge >= 0.3 is 0 Å². The second-order valence-electron chi connectivity index (χ2n) is 5.07. The Morgan fingerprint density at radius 3 is 1.50 bits per heavy atom. The molecule has 134 valence electrons. The van der Waals surface area contributed by atoms with Crippen LogP contribution in [-0.4, -0.2) is 5.91 Å². The van der Waals surface area contributed by atoms with Crippen LogP contribution < -0.4 is 5.73 Å². The van der Waals surface area contributed by atoms with Crippen molar-refractivity contribution in [3.8, 4) is 0 Å². The third-order valence-electron chi connectivity index (χ3n) is 2.95. The van der Waals surface area contributed by atoms with E-state index in [0.29, 0.717) is 6.42 Å². The molecule has 0 saturated carbocycles. The molecule has 0 aliphatic rings. The highest BCUT2D eigenvalue weighted by Crippen LogP contribution is 1.98. The van der Waals surface area contributed by atoms with Crippen molar-refractivity contribution in [2.24, 2.45) is 5.73 Å². The minimum atomic E-state index is -0.215. The summed E-state index contributed by atoms with van der Waals surface area (Å²) in [6.45, 7) is 8.15. The summed E-state index contributed by atoms with van der Waals surface area (Å²) in [7, 11) is 0. The summed E-state index contributed by atoms with van der Waals surface area (Å²) >= 11 is 0.